The highest BCUT2D eigenvalue weighted by molar-refractivity contribution is 7.17. The van der Waals surface area contributed by atoms with Crippen LogP contribution in [-0.4, -0.2) is 35.9 Å². The summed E-state index contributed by atoms with van der Waals surface area (Å²) in [4.78, 5) is 4.54. The molecule has 3 aromatic heterocycles. The van der Waals surface area contributed by atoms with Gasteiger partial charge in [0.25, 0.3) is 0 Å². The molecule has 0 saturated heterocycles. The Morgan fingerprint density at radius 1 is 0.871 bits per heavy atom. The molecule has 0 spiro atoms. The number of rotatable bonds is 6. The zero-order valence-corrected chi connectivity index (χ0v) is 18.1. The lowest BCUT2D eigenvalue weighted by Gasteiger charge is -2.11. The molecule has 31 heavy (non-hydrogen) atoms. The number of ether oxygens (including phenoxy) is 3. The predicted molar refractivity (Wildman–Crippen MR) is 123 cm³/mol. The van der Waals surface area contributed by atoms with E-state index in [0.29, 0.717) is 17.3 Å². The van der Waals surface area contributed by atoms with Crippen molar-refractivity contribution in [1.29, 1.82) is 0 Å². The highest BCUT2D eigenvalue weighted by Crippen LogP contribution is 2.38. The lowest BCUT2D eigenvalue weighted by molar-refractivity contribution is 0.355. The first kappa shape index (κ1) is 19.2. The third-order valence-corrected chi connectivity index (χ3v) is 6.02. The van der Waals surface area contributed by atoms with Crippen molar-refractivity contribution < 1.29 is 14.2 Å². The first-order valence-corrected chi connectivity index (χ1v) is 10.5. The molecule has 5 aromatic rings. The molecule has 0 aliphatic rings. The summed E-state index contributed by atoms with van der Waals surface area (Å²) in [6.07, 6.45) is 1.85. The molecule has 1 N–H and O–H groups in total. The van der Waals surface area contributed by atoms with E-state index in [9.17, 15) is 0 Å². The largest absolute Gasteiger partial charge is 0.495 e. The Morgan fingerprint density at radius 2 is 1.68 bits per heavy atom. The number of aromatic nitrogens is 3. The average Bonchev–Trinajstić information content (AvgIpc) is 3.46. The highest BCUT2D eigenvalue weighted by Gasteiger charge is 2.14. The SMILES string of the molecule is COc1ccc(Nc2ccc3ncc(-c4ccc(OC)c5sccc45)n3n2)cc1OC. The maximum atomic E-state index is 5.51. The quantitative estimate of drug-likeness (QED) is 0.388. The number of benzene rings is 2. The molecule has 0 aliphatic carbocycles. The summed E-state index contributed by atoms with van der Waals surface area (Å²) in [5.74, 6) is 2.88. The van der Waals surface area contributed by atoms with Gasteiger partial charge in [0.05, 0.1) is 37.9 Å². The minimum absolute atomic E-state index is 0.648. The number of thiophene rings is 1. The molecular formula is C23H20N4O3S. The number of anilines is 2. The second kappa shape index (κ2) is 7.81. The highest BCUT2D eigenvalue weighted by atomic mass is 32.1. The van der Waals surface area contributed by atoms with Gasteiger partial charge in [-0.05, 0) is 47.8 Å². The van der Waals surface area contributed by atoms with Gasteiger partial charge in [0.1, 0.15) is 5.75 Å². The van der Waals surface area contributed by atoms with E-state index in [2.05, 4.69) is 21.7 Å². The van der Waals surface area contributed by atoms with E-state index < -0.39 is 0 Å². The summed E-state index contributed by atoms with van der Waals surface area (Å²) in [6, 6.07) is 15.6. The molecule has 0 fully saturated rings. The van der Waals surface area contributed by atoms with Crippen molar-refractivity contribution in [3.63, 3.8) is 0 Å². The average molecular weight is 433 g/mol. The summed E-state index contributed by atoms with van der Waals surface area (Å²) in [5, 5.41) is 11.3. The van der Waals surface area contributed by atoms with Crippen LogP contribution < -0.4 is 19.5 Å². The smallest absolute Gasteiger partial charge is 0.162 e. The van der Waals surface area contributed by atoms with Crippen LogP contribution in [-0.2, 0) is 0 Å². The molecule has 156 valence electrons. The molecular weight excluding hydrogens is 412 g/mol. The van der Waals surface area contributed by atoms with Crippen LogP contribution in [0.2, 0.25) is 0 Å². The topological polar surface area (TPSA) is 69.9 Å². The van der Waals surface area contributed by atoms with Crippen molar-refractivity contribution >= 4 is 38.6 Å². The van der Waals surface area contributed by atoms with Gasteiger partial charge < -0.3 is 19.5 Å². The van der Waals surface area contributed by atoms with E-state index in [0.717, 1.165) is 38.4 Å². The molecule has 0 unspecified atom stereocenters. The van der Waals surface area contributed by atoms with Gasteiger partial charge in [-0.25, -0.2) is 9.50 Å². The summed E-state index contributed by atoms with van der Waals surface area (Å²) < 4.78 is 19.2. The fraction of sp³-hybridized carbons (Fsp3) is 0.130. The van der Waals surface area contributed by atoms with Crippen molar-refractivity contribution in [2.24, 2.45) is 0 Å². The molecule has 0 aliphatic heterocycles. The van der Waals surface area contributed by atoms with Crippen LogP contribution >= 0.6 is 11.3 Å². The van der Waals surface area contributed by atoms with Gasteiger partial charge in [0.2, 0.25) is 0 Å². The van der Waals surface area contributed by atoms with Crippen LogP contribution in [0.5, 0.6) is 17.2 Å². The van der Waals surface area contributed by atoms with E-state index in [1.165, 1.54) is 0 Å². The van der Waals surface area contributed by atoms with Crippen molar-refractivity contribution in [2.45, 2.75) is 0 Å². The summed E-state index contributed by atoms with van der Waals surface area (Å²) in [6.45, 7) is 0. The van der Waals surface area contributed by atoms with E-state index in [1.807, 2.05) is 53.2 Å². The number of nitrogens with zero attached hydrogens (tertiary/aromatic N) is 3. The molecule has 7 nitrogen and oxygen atoms in total. The molecule has 5 rings (SSSR count). The Hall–Kier alpha value is -3.78. The van der Waals surface area contributed by atoms with E-state index in [4.69, 9.17) is 19.3 Å². The molecule has 0 amide bonds. The van der Waals surface area contributed by atoms with Gasteiger partial charge in [-0.3, -0.25) is 0 Å². The molecule has 2 aromatic carbocycles. The zero-order chi connectivity index (χ0) is 21.4. The monoisotopic (exact) mass is 432 g/mol. The van der Waals surface area contributed by atoms with E-state index in [1.54, 1.807) is 32.7 Å². The third-order valence-electron chi connectivity index (χ3n) is 5.09. The normalized spacial score (nSPS) is 11.1. The molecule has 0 saturated carbocycles. The van der Waals surface area contributed by atoms with Crippen LogP contribution in [0.4, 0.5) is 11.5 Å². The minimum Gasteiger partial charge on any atom is -0.495 e. The molecule has 3 heterocycles. The zero-order valence-electron chi connectivity index (χ0n) is 17.2. The Morgan fingerprint density at radius 3 is 2.48 bits per heavy atom. The number of methoxy groups -OCH3 is 3. The minimum atomic E-state index is 0.648. The number of hydrogen-bond donors (Lipinski definition) is 1. The summed E-state index contributed by atoms with van der Waals surface area (Å²) >= 11 is 1.66. The van der Waals surface area contributed by atoms with Gasteiger partial charge >= 0.3 is 0 Å². The van der Waals surface area contributed by atoms with Gasteiger partial charge in [-0.1, -0.05) is 0 Å². The molecule has 0 bridgehead atoms. The number of imidazole rings is 1. The maximum Gasteiger partial charge on any atom is 0.162 e. The fourth-order valence-corrected chi connectivity index (χ4v) is 4.52. The number of nitrogens with one attached hydrogen (secondary N) is 1. The van der Waals surface area contributed by atoms with Crippen LogP contribution in [0, 0.1) is 0 Å². The predicted octanol–water partition coefficient (Wildman–Crippen LogP) is 5.38. The molecule has 0 atom stereocenters. The van der Waals surface area contributed by atoms with E-state index in [-0.39, 0.29) is 0 Å². The number of hydrogen-bond acceptors (Lipinski definition) is 7. The Kier molecular flexibility index (Phi) is 4.83. The Labute approximate surface area is 182 Å². The van der Waals surface area contributed by atoms with Crippen LogP contribution in [0.15, 0.2) is 60.1 Å². The van der Waals surface area contributed by atoms with Gasteiger partial charge in [-0.2, -0.15) is 0 Å². The van der Waals surface area contributed by atoms with E-state index >= 15 is 0 Å². The van der Waals surface area contributed by atoms with Gasteiger partial charge in [0.15, 0.2) is 23.0 Å². The summed E-state index contributed by atoms with van der Waals surface area (Å²) in [5.41, 5.74) is 3.58. The lowest BCUT2D eigenvalue weighted by Crippen LogP contribution is -2.01. The number of fused-ring (bicyclic) bond motifs is 2. The van der Waals surface area contributed by atoms with Crippen molar-refractivity contribution in [3.05, 3.63) is 60.1 Å². The lowest BCUT2D eigenvalue weighted by atomic mass is 10.1. The second-order valence-corrected chi connectivity index (χ2v) is 7.72. The first-order valence-electron chi connectivity index (χ1n) is 9.60. The second-order valence-electron chi connectivity index (χ2n) is 6.81. The Bertz CT molecular complexity index is 1390. The van der Waals surface area contributed by atoms with Crippen molar-refractivity contribution in [2.75, 3.05) is 26.6 Å². The van der Waals surface area contributed by atoms with Gasteiger partial charge in [0, 0.05) is 22.7 Å². The summed E-state index contributed by atoms with van der Waals surface area (Å²) in [7, 11) is 4.92. The van der Waals surface area contributed by atoms with Crippen LogP contribution in [0.25, 0.3) is 27.0 Å². The maximum absolute atomic E-state index is 5.51. The van der Waals surface area contributed by atoms with Crippen molar-refractivity contribution in [1.82, 2.24) is 14.6 Å². The van der Waals surface area contributed by atoms with Crippen LogP contribution in [0.1, 0.15) is 0 Å². The van der Waals surface area contributed by atoms with Gasteiger partial charge in [-0.15, -0.1) is 16.4 Å². The first-order chi connectivity index (χ1) is 15.2. The fourth-order valence-electron chi connectivity index (χ4n) is 3.61. The Balaban J connectivity index is 1.56. The molecule has 8 heteroatoms. The van der Waals surface area contributed by atoms with Crippen LogP contribution in [0.3, 0.4) is 0 Å². The molecule has 0 radical (unpaired) electrons. The van der Waals surface area contributed by atoms with Crippen molar-refractivity contribution in [3.8, 4) is 28.5 Å². The third kappa shape index (κ3) is 3.30. The standard InChI is InChI=1S/C23H20N4O3S/c1-28-18-6-4-14(12-20(18)30-3)25-21-8-9-22-24-13-17(27(22)26-21)15-5-7-19(29-2)23-16(15)10-11-31-23/h4-13H,1-3H3,(H,25,26).